The van der Waals surface area contributed by atoms with Gasteiger partial charge in [-0.1, -0.05) is 170 Å². The van der Waals surface area contributed by atoms with Crippen LogP contribution in [-0.4, -0.2) is 4.57 Å². The number of hydrogen-bond donors (Lipinski definition) is 0. The predicted octanol–water partition coefficient (Wildman–Crippen LogP) is 17.5. The molecular weight excluding hydrogens is 789 g/mol. The SMILES string of the molecule is c1ccc(-c2ccccc2N(c2ccc(-c3ccc4c(ccc5ccccc54)c3)cc2)c2cccc(-c3cccc4c3c3ccccc3n4-c3ccc4c(c3)oc3ccccc34)c2)cc1. The highest BCUT2D eigenvalue weighted by molar-refractivity contribution is 6.16. The number of nitrogens with zero attached hydrogens (tertiary/aromatic N) is 2. The van der Waals surface area contributed by atoms with E-state index >= 15 is 0 Å². The van der Waals surface area contributed by atoms with Crippen molar-refractivity contribution in [2.45, 2.75) is 0 Å². The van der Waals surface area contributed by atoms with Gasteiger partial charge in [-0.3, -0.25) is 0 Å². The molecule has 3 heteroatoms. The number of anilines is 3. The molecule has 0 N–H and O–H groups in total. The van der Waals surface area contributed by atoms with Crippen LogP contribution in [0, 0.1) is 0 Å². The zero-order valence-electron chi connectivity index (χ0n) is 35.4. The van der Waals surface area contributed by atoms with Gasteiger partial charge in [-0.25, -0.2) is 0 Å². The van der Waals surface area contributed by atoms with Crippen molar-refractivity contribution in [3.05, 3.63) is 243 Å². The topological polar surface area (TPSA) is 21.3 Å². The average molecular weight is 829 g/mol. The van der Waals surface area contributed by atoms with Crippen LogP contribution in [0.4, 0.5) is 17.1 Å². The van der Waals surface area contributed by atoms with E-state index in [1.165, 1.54) is 54.6 Å². The Balaban J connectivity index is 0.953. The third-order valence-electron chi connectivity index (χ3n) is 13.2. The van der Waals surface area contributed by atoms with Crippen LogP contribution in [0.15, 0.2) is 247 Å². The first-order chi connectivity index (χ1) is 32.2. The Kier molecular flexibility index (Phi) is 8.53. The van der Waals surface area contributed by atoms with Crippen LogP contribution < -0.4 is 4.90 Å². The molecule has 304 valence electrons. The normalized spacial score (nSPS) is 11.7. The van der Waals surface area contributed by atoms with Crippen molar-refractivity contribution in [2.75, 3.05) is 4.90 Å². The summed E-state index contributed by atoms with van der Waals surface area (Å²) in [5.41, 5.74) is 15.4. The summed E-state index contributed by atoms with van der Waals surface area (Å²) in [5.74, 6) is 0. The Morgan fingerprint density at radius 1 is 0.323 bits per heavy atom. The maximum Gasteiger partial charge on any atom is 0.137 e. The maximum absolute atomic E-state index is 6.39. The molecule has 2 aromatic heterocycles. The molecule has 0 aliphatic heterocycles. The van der Waals surface area contributed by atoms with Crippen LogP contribution >= 0.6 is 0 Å². The summed E-state index contributed by atoms with van der Waals surface area (Å²) in [4.78, 5) is 2.41. The summed E-state index contributed by atoms with van der Waals surface area (Å²) < 4.78 is 8.77. The molecule has 3 nitrogen and oxygen atoms in total. The van der Waals surface area contributed by atoms with E-state index in [1.807, 2.05) is 12.1 Å². The van der Waals surface area contributed by atoms with Crippen LogP contribution in [-0.2, 0) is 0 Å². The van der Waals surface area contributed by atoms with Gasteiger partial charge >= 0.3 is 0 Å². The molecule has 13 rings (SSSR count). The number of para-hydroxylation sites is 3. The largest absolute Gasteiger partial charge is 0.456 e. The number of rotatable bonds is 7. The van der Waals surface area contributed by atoms with Crippen molar-refractivity contribution in [1.82, 2.24) is 4.57 Å². The lowest BCUT2D eigenvalue weighted by Gasteiger charge is -2.28. The monoisotopic (exact) mass is 828 g/mol. The molecule has 0 atom stereocenters. The van der Waals surface area contributed by atoms with E-state index in [4.69, 9.17) is 4.42 Å². The van der Waals surface area contributed by atoms with Gasteiger partial charge < -0.3 is 13.9 Å². The molecule has 0 fully saturated rings. The van der Waals surface area contributed by atoms with Crippen LogP contribution in [0.3, 0.4) is 0 Å². The molecule has 13 aromatic rings. The molecule has 0 radical (unpaired) electrons. The van der Waals surface area contributed by atoms with Crippen molar-refractivity contribution in [3.8, 4) is 39.1 Å². The highest BCUT2D eigenvalue weighted by Gasteiger charge is 2.21. The van der Waals surface area contributed by atoms with E-state index in [0.717, 1.165) is 66.8 Å². The van der Waals surface area contributed by atoms with Crippen molar-refractivity contribution in [2.24, 2.45) is 0 Å². The van der Waals surface area contributed by atoms with Gasteiger partial charge in [0.1, 0.15) is 11.2 Å². The van der Waals surface area contributed by atoms with Gasteiger partial charge in [-0.05, 0) is 116 Å². The smallest absolute Gasteiger partial charge is 0.137 e. The van der Waals surface area contributed by atoms with Crippen LogP contribution in [0.1, 0.15) is 0 Å². The van der Waals surface area contributed by atoms with Gasteiger partial charge in [0.25, 0.3) is 0 Å². The lowest BCUT2D eigenvalue weighted by molar-refractivity contribution is 0.668. The molecule has 0 amide bonds. The zero-order chi connectivity index (χ0) is 42.8. The summed E-state index contributed by atoms with van der Waals surface area (Å²) in [5, 5.41) is 9.74. The highest BCUT2D eigenvalue weighted by atomic mass is 16.3. The fraction of sp³-hybridized carbons (Fsp3) is 0. The molecule has 0 aliphatic rings. The lowest BCUT2D eigenvalue weighted by atomic mass is 9.96. The van der Waals surface area contributed by atoms with Crippen molar-refractivity contribution >= 4 is 82.4 Å². The quantitative estimate of drug-likeness (QED) is 0.149. The number of benzene rings is 11. The highest BCUT2D eigenvalue weighted by Crippen LogP contribution is 2.45. The molecule has 0 aliphatic carbocycles. The number of aromatic nitrogens is 1. The summed E-state index contributed by atoms with van der Waals surface area (Å²) in [6.07, 6.45) is 0. The van der Waals surface area contributed by atoms with E-state index in [2.05, 4.69) is 240 Å². The molecule has 0 saturated heterocycles. The molecule has 65 heavy (non-hydrogen) atoms. The second-order valence-electron chi connectivity index (χ2n) is 16.9. The van der Waals surface area contributed by atoms with Gasteiger partial charge in [0.15, 0.2) is 0 Å². The van der Waals surface area contributed by atoms with E-state index in [1.54, 1.807) is 0 Å². The third-order valence-corrected chi connectivity index (χ3v) is 13.2. The zero-order valence-corrected chi connectivity index (χ0v) is 35.4. The van der Waals surface area contributed by atoms with Gasteiger partial charge in [0.05, 0.1) is 16.7 Å². The fourth-order valence-corrected chi connectivity index (χ4v) is 10.2. The third kappa shape index (κ3) is 6.12. The van der Waals surface area contributed by atoms with Crippen LogP contribution in [0.5, 0.6) is 0 Å². The summed E-state index contributed by atoms with van der Waals surface area (Å²) in [6.45, 7) is 0. The van der Waals surface area contributed by atoms with E-state index in [-0.39, 0.29) is 0 Å². The molecule has 11 aromatic carbocycles. The average Bonchev–Trinajstić information content (AvgIpc) is 3.92. The first-order valence-corrected chi connectivity index (χ1v) is 22.2. The number of hydrogen-bond acceptors (Lipinski definition) is 2. The van der Waals surface area contributed by atoms with Gasteiger partial charge in [0, 0.05) is 50.2 Å². The summed E-state index contributed by atoms with van der Waals surface area (Å²) >= 11 is 0. The molecule has 0 saturated carbocycles. The molecular formula is C62H40N2O. The number of fused-ring (bicyclic) bond motifs is 9. The first kappa shape index (κ1) is 36.9. The Bertz CT molecular complexity index is 3950. The minimum atomic E-state index is 0.883. The first-order valence-electron chi connectivity index (χ1n) is 22.2. The van der Waals surface area contributed by atoms with Gasteiger partial charge in [-0.2, -0.15) is 0 Å². The van der Waals surface area contributed by atoms with Crippen molar-refractivity contribution in [3.63, 3.8) is 0 Å². The van der Waals surface area contributed by atoms with Crippen molar-refractivity contribution < 1.29 is 4.42 Å². The maximum atomic E-state index is 6.39. The predicted molar refractivity (Wildman–Crippen MR) is 274 cm³/mol. The lowest BCUT2D eigenvalue weighted by Crippen LogP contribution is -2.11. The van der Waals surface area contributed by atoms with Crippen molar-refractivity contribution in [1.29, 1.82) is 0 Å². The molecule has 0 unspecified atom stereocenters. The minimum absolute atomic E-state index is 0.883. The second-order valence-corrected chi connectivity index (χ2v) is 16.9. The van der Waals surface area contributed by atoms with Gasteiger partial charge in [-0.15, -0.1) is 0 Å². The number of furan rings is 1. The standard InChI is InChI=1S/C62H40N2O/c1-2-14-42(15-3-1)52-20-6-9-24-57(52)63(47-33-30-41(31-34-47)44-32-36-51-46(38-44)29-28-43-16-4-5-19-50(43)51)48-18-12-17-45(39-48)53-23-13-26-59-62(53)56-22-7-10-25-58(56)64(59)49-35-37-55-54-21-8-11-27-60(54)65-61(55)40-49/h1-40H. The van der Waals surface area contributed by atoms with E-state index < -0.39 is 0 Å². The Morgan fingerprint density at radius 3 is 1.88 bits per heavy atom. The second kappa shape index (κ2) is 15.0. The Hall–Kier alpha value is -8.66. The minimum Gasteiger partial charge on any atom is -0.456 e. The fourth-order valence-electron chi connectivity index (χ4n) is 10.2. The summed E-state index contributed by atoms with van der Waals surface area (Å²) in [7, 11) is 0. The Labute approximate surface area is 376 Å². The van der Waals surface area contributed by atoms with E-state index in [0.29, 0.717) is 0 Å². The Morgan fingerprint density at radius 2 is 0.969 bits per heavy atom. The van der Waals surface area contributed by atoms with E-state index in [9.17, 15) is 0 Å². The van der Waals surface area contributed by atoms with Gasteiger partial charge in [0.2, 0.25) is 0 Å². The van der Waals surface area contributed by atoms with Crippen LogP contribution in [0.2, 0.25) is 0 Å². The molecule has 0 spiro atoms. The molecule has 0 bridgehead atoms. The molecule has 2 heterocycles. The van der Waals surface area contributed by atoms with Crippen LogP contribution in [0.25, 0.3) is 104 Å². The summed E-state index contributed by atoms with van der Waals surface area (Å²) in [6, 6.07) is 87.8.